The molecule has 0 bridgehead atoms. The first-order chi connectivity index (χ1) is 12.9. The molecule has 0 saturated carbocycles. The van der Waals surface area contributed by atoms with Crippen LogP contribution in [-0.2, 0) is 16.0 Å². The van der Waals surface area contributed by atoms with Crippen LogP contribution in [-0.4, -0.2) is 33.2 Å². The summed E-state index contributed by atoms with van der Waals surface area (Å²) in [6.07, 6.45) is 0.131. The van der Waals surface area contributed by atoms with E-state index in [1.165, 1.54) is 0 Å². The summed E-state index contributed by atoms with van der Waals surface area (Å²) in [5.41, 5.74) is 2.79. The fourth-order valence-electron chi connectivity index (χ4n) is 2.80. The maximum absolute atomic E-state index is 12.5. The Morgan fingerprint density at radius 2 is 1.82 bits per heavy atom. The molecule has 0 saturated heterocycles. The normalized spacial score (nSPS) is 12.6. The first-order valence-electron chi connectivity index (χ1n) is 9.01. The van der Waals surface area contributed by atoms with Crippen LogP contribution in [0.25, 0.3) is 5.69 Å². The molecule has 1 aromatic carbocycles. The van der Waals surface area contributed by atoms with Crippen LogP contribution in [0.2, 0.25) is 10.0 Å². The average molecular weight is 425 g/mol. The van der Waals surface area contributed by atoms with Gasteiger partial charge in [0.2, 0.25) is 11.8 Å². The van der Waals surface area contributed by atoms with Gasteiger partial charge in [-0.05, 0) is 59.7 Å². The van der Waals surface area contributed by atoms with Crippen molar-refractivity contribution in [3.63, 3.8) is 0 Å². The Kier molecular flexibility index (Phi) is 6.78. The Hall–Kier alpha value is -2.05. The Morgan fingerprint density at radius 3 is 2.39 bits per heavy atom. The maximum Gasteiger partial charge on any atom is 0.242 e. The van der Waals surface area contributed by atoms with Crippen LogP contribution in [0, 0.1) is 13.8 Å². The van der Waals surface area contributed by atoms with Gasteiger partial charge in [0, 0.05) is 16.8 Å². The Balaban J connectivity index is 2.14. The molecule has 2 amide bonds. The first kappa shape index (κ1) is 22.2. The zero-order chi connectivity index (χ0) is 21.2. The number of halogens is 2. The predicted octanol–water partition coefficient (Wildman–Crippen LogP) is 3.76. The van der Waals surface area contributed by atoms with E-state index in [2.05, 4.69) is 15.7 Å². The smallest absolute Gasteiger partial charge is 0.242 e. The van der Waals surface area contributed by atoms with Crippen molar-refractivity contribution in [2.24, 2.45) is 0 Å². The van der Waals surface area contributed by atoms with Gasteiger partial charge in [-0.15, -0.1) is 0 Å². The van der Waals surface area contributed by atoms with Crippen LogP contribution < -0.4 is 10.6 Å². The van der Waals surface area contributed by atoms with E-state index < -0.39 is 6.04 Å². The summed E-state index contributed by atoms with van der Waals surface area (Å²) in [5, 5.41) is 11.0. The highest BCUT2D eigenvalue weighted by atomic mass is 35.5. The quantitative estimate of drug-likeness (QED) is 0.766. The van der Waals surface area contributed by atoms with Crippen molar-refractivity contribution in [1.82, 2.24) is 20.4 Å². The molecule has 1 unspecified atom stereocenters. The molecule has 6 nitrogen and oxygen atoms in total. The fourth-order valence-corrected chi connectivity index (χ4v) is 3.09. The second kappa shape index (κ2) is 8.53. The van der Waals surface area contributed by atoms with Crippen LogP contribution in [0.1, 0.15) is 44.6 Å². The number of nitrogens with one attached hydrogen (secondary N) is 2. The number of aromatic nitrogens is 2. The average Bonchev–Trinajstić information content (AvgIpc) is 2.84. The number of hydrogen-bond acceptors (Lipinski definition) is 3. The molecule has 2 rings (SSSR count). The number of amides is 2. The maximum atomic E-state index is 12.5. The minimum absolute atomic E-state index is 0.131. The van der Waals surface area contributed by atoms with Gasteiger partial charge in [0.05, 0.1) is 27.8 Å². The minimum Gasteiger partial charge on any atom is -0.350 e. The summed E-state index contributed by atoms with van der Waals surface area (Å²) < 4.78 is 1.73. The fraction of sp³-hybridized carbons (Fsp3) is 0.450. The summed E-state index contributed by atoms with van der Waals surface area (Å²) in [4.78, 5) is 24.6. The summed E-state index contributed by atoms with van der Waals surface area (Å²) in [7, 11) is 0. The predicted molar refractivity (Wildman–Crippen MR) is 112 cm³/mol. The van der Waals surface area contributed by atoms with Crippen LogP contribution in [0.15, 0.2) is 18.2 Å². The lowest BCUT2D eigenvalue weighted by molar-refractivity contribution is -0.129. The molecule has 8 heteroatoms. The minimum atomic E-state index is -0.627. The molecule has 152 valence electrons. The SMILES string of the molecule is Cc1nn(-c2ccc(Cl)c(Cl)c2)c(C)c1CC(=O)NC(C)C(=O)NC(C)(C)C. The Labute approximate surface area is 175 Å². The van der Waals surface area contributed by atoms with E-state index in [-0.39, 0.29) is 23.8 Å². The summed E-state index contributed by atoms with van der Waals surface area (Å²) in [5.74, 6) is -0.461. The molecule has 0 fully saturated rings. The molecular formula is C20H26Cl2N4O2. The monoisotopic (exact) mass is 424 g/mol. The summed E-state index contributed by atoms with van der Waals surface area (Å²) in [6, 6.07) is 4.62. The van der Waals surface area contributed by atoms with E-state index in [1.54, 1.807) is 23.7 Å². The van der Waals surface area contributed by atoms with Gasteiger partial charge in [-0.25, -0.2) is 4.68 Å². The molecule has 0 spiro atoms. The zero-order valence-corrected chi connectivity index (χ0v) is 18.5. The van der Waals surface area contributed by atoms with Gasteiger partial charge in [-0.3, -0.25) is 9.59 Å². The number of rotatable bonds is 5. The van der Waals surface area contributed by atoms with Gasteiger partial charge in [0.1, 0.15) is 6.04 Å². The second-order valence-electron chi connectivity index (χ2n) is 7.86. The van der Waals surface area contributed by atoms with E-state index >= 15 is 0 Å². The zero-order valence-electron chi connectivity index (χ0n) is 17.0. The van der Waals surface area contributed by atoms with E-state index in [1.807, 2.05) is 40.7 Å². The van der Waals surface area contributed by atoms with E-state index in [4.69, 9.17) is 23.2 Å². The molecule has 1 atom stereocenters. The van der Waals surface area contributed by atoms with Crippen molar-refractivity contribution in [1.29, 1.82) is 0 Å². The van der Waals surface area contributed by atoms with Gasteiger partial charge in [0.15, 0.2) is 0 Å². The van der Waals surface area contributed by atoms with Crippen LogP contribution in [0.4, 0.5) is 0 Å². The third kappa shape index (κ3) is 5.49. The molecule has 0 aliphatic rings. The third-order valence-electron chi connectivity index (χ3n) is 4.20. The number of nitrogens with zero attached hydrogens (tertiary/aromatic N) is 2. The summed E-state index contributed by atoms with van der Waals surface area (Å²) >= 11 is 12.1. The van der Waals surface area contributed by atoms with Gasteiger partial charge in [-0.1, -0.05) is 23.2 Å². The first-order valence-corrected chi connectivity index (χ1v) is 9.76. The topological polar surface area (TPSA) is 76.0 Å². The molecule has 2 N–H and O–H groups in total. The standard InChI is InChI=1S/C20H26Cl2N4O2/c1-11-15(10-18(27)23-12(2)19(28)24-20(4,5)6)13(3)26(25-11)14-7-8-16(21)17(22)9-14/h7-9,12H,10H2,1-6H3,(H,23,27)(H,24,28). The molecule has 1 heterocycles. The van der Waals surface area contributed by atoms with Crippen molar-refractivity contribution >= 4 is 35.0 Å². The highest BCUT2D eigenvalue weighted by Crippen LogP contribution is 2.26. The lowest BCUT2D eigenvalue weighted by Gasteiger charge is -2.23. The molecule has 1 aromatic heterocycles. The largest absolute Gasteiger partial charge is 0.350 e. The number of hydrogen-bond donors (Lipinski definition) is 2. The number of carbonyl (C=O) groups excluding carboxylic acids is 2. The van der Waals surface area contributed by atoms with Gasteiger partial charge < -0.3 is 10.6 Å². The highest BCUT2D eigenvalue weighted by Gasteiger charge is 2.22. The van der Waals surface area contributed by atoms with E-state index in [9.17, 15) is 9.59 Å². The van der Waals surface area contributed by atoms with Crippen LogP contribution >= 0.6 is 23.2 Å². The summed E-state index contributed by atoms with van der Waals surface area (Å²) in [6.45, 7) is 11.1. The van der Waals surface area contributed by atoms with Gasteiger partial charge >= 0.3 is 0 Å². The van der Waals surface area contributed by atoms with Crippen molar-refractivity contribution in [3.05, 3.63) is 45.2 Å². The number of aryl methyl sites for hydroxylation is 1. The van der Waals surface area contributed by atoms with Crippen molar-refractivity contribution in [2.45, 2.75) is 59.5 Å². The van der Waals surface area contributed by atoms with Crippen LogP contribution in [0.3, 0.4) is 0 Å². The molecule has 2 aromatic rings. The Bertz CT molecular complexity index is 900. The van der Waals surface area contributed by atoms with E-state index in [0.29, 0.717) is 10.0 Å². The van der Waals surface area contributed by atoms with Crippen molar-refractivity contribution in [2.75, 3.05) is 0 Å². The lowest BCUT2D eigenvalue weighted by Crippen LogP contribution is -2.51. The highest BCUT2D eigenvalue weighted by molar-refractivity contribution is 6.42. The molecular weight excluding hydrogens is 399 g/mol. The van der Waals surface area contributed by atoms with Crippen LogP contribution in [0.5, 0.6) is 0 Å². The molecule has 0 aliphatic heterocycles. The second-order valence-corrected chi connectivity index (χ2v) is 8.68. The molecule has 28 heavy (non-hydrogen) atoms. The van der Waals surface area contributed by atoms with Gasteiger partial charge in [0.25, 0.3) is 0 Å². The van der Waals surface area contributed by atoms with Crippen molar-refractivity contribution < 1.29 is 9.59 Å². The lowest BCUT2D eigenvalue weighted by atomic mass is 10.1. The van der Waals surface area contributed by atoms with Gasteiger partial charge in [-0.2, -0.15) is 5.10 Å². The molecule has 0 radical (unpaired) electrons. The number of carbonyl (C=O) groups is 2. The van der Waals surface area contributed by atoms with Crippen molar-refractivity contribution in [3.8, 4) is 5.69 Å². The molecule has 0 aliphatic carbocycles. The number of benzene rings is 1. The Morgan fingerprint density at radius 1 is 1.18 bits per heavy atom. The third-order valence-corrected chi connectivity index (χ3v) is 4.93. The van der Waals surface area contributed by atoms with E-state index in [0.717, 1.165) is 22.6 Å².